The van der Waals surface area contributed by atoms with Crippen molar-refractivity contribution in [2.45, 2.75) is 6.92 Å². The molecule has 0 radical (unpaired) electrons. The summed E-state index contributed by atoms with van der Waals surface area (Å²) in [5.74, 6) is -0.613. The number of carboxylic acids is 1. The Kier molecular flexibility index (Phi) is 3.44. The molecule has 2 aromatic heterocycles. The molecule has 6 nitrogen and oxygen atoms in total. The molecule has 0 saturated carbocycles. The summed E-state index contributed by atoms with van der Waals surface area (Å²) in [6, 6.07) is 6.44. The first-order chi connectivity index (χ1) is 10.0. The number of aryl methyl sites for hydroxylation is 1. The lowest BCUT2D eigenvalue weighted by atomic mass is 10.2. The van der Waals surface area contributed by atoms with Gasteiger partial charge in [0.25, 0.3) is 0 Å². The summed E-state index contributed by atoms with van der Waals surface area (Å²) in [5.41, 5.74) is 2.67. The highest BCUT2D eigenvalue weighted by molar-refractivity contribution is 7.00. The average molecular weight is 321 g/mol. The highest BCUT2D eigenvalue weighted by Gasteiger charge is 2.12. The lowest BCUT2D eigenvalue weighted by Gasteiger charge is -2.09. The maximum atomic E-state index is 11.1. The third-order valence-electron chi connectivity index (χ3n) is 2.83. The van der Waals surface area contributed by atoms with Crippen LogP contribution in [0.1, 0.15) is 16.1 Å². The Labute approximate surface area is 128 Å². The van der Waals surface area contributed by atoms with Crippen molar-refractivity contribution in [1.82, 2.24) is 13.7 Å². The van der Waals surface area contributed by atoms with E-state index in [1.807, 2.05) is 0 Å². The number of hydrogen-bond donors (Lipinski definition) is 2. The van der Waals surface area contributed by atoms with Gasteiger partial charge in [-0.05, 0) is 31.2 Å². The molecule has 106 valence electrons. The van der Waals surface area contributed by atoms with Crippen LogP contribution in [-0.2, 0) is 0 Å². The molecule has 3 rings (SSSR count). The zero-order chi connectivity index (χ0) is 15.0. The zero-order valence-corrected chi connectivity index (χ0v) is 12.4. The molecule has 0 aliphatic carbocycles. The van der Waals surface area contributed by atoms with Crippen LogP contribution in [0.2, 0.25) is 5.02 Å². The van der Waals surface area contributed by atoms with E-state index in [0.29, 0.717) is 27.7 Å². The van der Waals surface area contributed by atoms with Gasteiger partial charge in [-0.1, -0.05) is 11.6 Å². The second-order valence-electron chi connectivity index (χ2n) is 4.37. The first-order valence-electron chi connectivity index (χ1n) is 5.94. The average Bonchev–Trinajstić information content (AvgIpc) is 2.90. The van der Waals surface area contributed by atoms with Crippen LogP contribution in [0.4, 0.5) is 11.5 Å². The Bertz CT molecular complexity index is 849. The largest absolute Gasteiger partial charge is 0.478 e. The number of fused-ring (bicyclic) bond motifs is 1. The van der Waals surface area contributed by atoms with Crippen molar-refractivity contribution < 1.29 is 9.90 Å². The number of carbonyl (C=O) groups is 1. The standard InChI is InChI=1S/C13H9ClN4O2S/c1-6-4-7(13(19)20)5-10(15-6)16-11-8(14)2-3-9-12(11)18-21-17-9/h2-5H,1H3,(H,15,16)(H,19,20). The summed E-state index contributed by atoms with van der Waals surface area (Å²) in [6.07, 6.45) is 0. The number of benzene rings is 1. The molecule has 2 heterocycles. The predicted molar refractivity (Wildman–Crippen MR) is 81.6 cm³/mol. The van der Waals surface area contributed by atoms with Gasteiger partial charge in [0.15, 0.2) is 0 Å². The van der Waals surface area contributed by atoms with Crippen LogP contribution in [-0.4, -0.2) is 24.8 Å². The predicted octanol–water partition coefficient (Wildman–Crippen LogP) is 3.49. The van der Waals surface area contributed by atoms with E-state index in [4.69, 9.17) is 16.7 Å². The van der Waals surface area contributed by atoms with Crippen LogP contribution in [0.15, 0.2) is 24.3 Å². The van der Waals surface area contributed by atoms with Crippen LogP contribution < -0.4 is 5.32 Å². The highest BCUT2D eigenvalue weighted by Crippen LogP contribution is 2.32. The van der Waals surface area contributed by atoms with E-state index in [1.54, 1.807) is 19.1 Å². The number of anilines is 2. The molecule has 3 aromatic rings. The Balaban J connectivity index is 2.08. The Hall–Kier alpha value is -2.25. The molecule has 0 aliphatic rings. The van der Waals surface area contributed by atoms with Crippen LogP contribution in [0.3, 0.4) is 0 Å². The number of nitrogens with one attached hydrogen (secondary N) is 1. The highest BCUT2D eigenvalue weighted by atomic mass is 35.5. The second-order valence-corrected chi connectivity index (χ2v) is 5.30. The molecule has 0 unspecified atom stereocenters. The maximum Gasteiger partial charge on any atom is 0.335 e. The van der Waals surface area contributed by atoms with Crippen molar-refractivity contribution in [3.8, 4) is 0 Å². The normalized spacial score (nSPS) is 10.8. The SMILES string of the molecule is Cc1cc(C(=O)O)cc(Nc2c(Cl)ccc3nsnc23)n1. The summed E-state index contributed by atoms with van der Waals surface area (Å²) in [6.45, 7) is 1.73. The topological polar surface area (TPSA) is 88.0 Å². The summed E-state index contributed by atoms with van der Waals surface area (Å²) in [5, 5.41) is 12.6. The van der Waals surface area contributed by atoms with E-state index < -0.39 is 5.97 Å². The van der Waals surface area contributed by atoms with Gasteiger partial charge in [-0.25, -0.2) is 9.78 Å². The number of rotatable bonds is 3. The molecule has 21 heavy (non-hydrogen) atoms. The quantitative estimate of drug-likeness (QED) is 0.768. The molecule has 8 heteroatoms. The molecule has 0 amide bonds. The van der Waals surface area contributed by atoms with Crippen molar-refractivity contribution in [1.29, 1.82) is 0 Å². The molecular formula is C13H9ClN4O2S. The van der Waals surface area contributed by atoms with Crippen molar-refractivity contribution in [2.24, 2.45) is 0 Å². The van der Waals surface area contributed by atoms with Crippen LogP contribution in [0, 0.1) is 6.92 Å². The summed E-state index contributed by atoms with van der Waals surface area (Å²) < 4.78 is 8.34. The van der Waals surface area contributed by atoms with Gasteiger partial charge in [-0.3, -0.25) is 0 Å². The Morgan fingerprint density at radius 3 is 2.90 bits per heavy atom. The smallest absolute Gasteiger partial charge is 0.335 e. The van der Waals surface area contributed by atoms with Gasteiger partial charge in [-0.2, -0.15) is 8.75 Å². The third kappa shape index (κ3) is 2.65. The number of aromatic carboxylic acids is 1. The van der Waals surface area contributed by atoms with E-state index in [1.165, 1.54) is 12.1 Å². The lowest BCUT2D eigenvalue weighted by Crippen LogP contribution is -2.02. The number of pyridine rings is 1. The van der Waals surface area contributed by atoms with Crippen molar-refractivity contribution in [3.05, 3.63) is 40.5 Å². The van der Waals surface area contributed by atoms with Crippen LogP contribution in [0.5, 0.6) is 0 Å². The van der Waals surface area contributed by atoms with E-state index in [9.17, 15) is 4.79 Å². The molecule has 0 bridgehead atoms. The van der Waals surface area contributed by atoms with Crippen LogP contribution in [0.25, 0.3) is 11.0 Å². The minimum Gasteiger partial charge on any atom is -0.478 e. The van der Waals surface area contributed by atoms with Crippen molar-refractivity contribution in [2.75, 3.05) is 5.32 Å². The van der Waals surface area contributed by atoms with E-state index in [0.717, 1.165) is 17.2 Å². The molecular weight excluding hydrogens is 312 g/mol. The van der Waals surface area contributed by atoms with Gasteiger partial charge >= 0.3 is 5.97 Å². The van der Waals surface area contributed by atoms with Gasteiger partial charge in [-0.15, -0.1) is 0 Å². The number of halogens is 1. The summed E-state index contributed by atoms with van der Waals surface area (Å²) >= 11 is 7.27. The van der Waals surface area contributed by atoms with Crippen LogP contribution >= 0.6 is 23.3 Å². The first-order valence-corrected chi connectivity index (χ1v) is 7.05. The number of hydrogen-bond acceptors (Lipinski definition) is 6. The first kappa shape index (κ1) is 13.7. The summed E-state index contributed by atoms with van der Waals surface area (Å²) in [4.78, 5) is 15.4. The van der Waals surface area contributed by atoms with Crippen molar-refractivity contribution in [3.63, 3.8) is 0 Å². The summed E-state index contributed by atoms with van der Waals surface area (Å²) in [7, 11) is 0. The van der Waals surface area contributed by atoms with Gasteiger partial charge in [0.1, 0.15) is 16.9 Å². The molecule has 2 N–H and O–H groups in total. The third-order valence-corrected chi connectivity index (χ3v) is 3.69. The minimum absolute atomic E-state index is 0.157. The zero-order valence-electron chi connectivity index (χ0n) is 10.8. The number of carboxylic acid groups (broad SMARTS) is 1. The molecule has 0 saturated heterocycles. The monoisotopic (exact) mass is 320 g/mol. The minimum atomic E-state index is -1.01. The fraction of sp³-hybridized carbons (Fsp3) is 0.0769. The molecule has 0 aliphatic heterocycles. The second kappa shape index (κ2) is 5.27. The van der Waals surface area contributed by atoms with Gasteiger partial charge in [0.05, 0.1) is 28.0 Å². The fourth-order valence-electron chi connectivity index (χ4n) is 1.93. The van der Waals surface area contributed by atoms with Gasteiger partial charge in [0, 0.05) is 5.69 Å². The maximum absolute atomic E-state index is 11.1. The van der Waals surface area contributed by atoms with E-state index in [2.05, 4.69) is 19.0 Å². The van der Waals surface area contributed by atoms with E-state index >= 15 is 0 Å². The Morgan fingerprint density at radius 1 is 1.33 bits per heavy atom. The molecule has 0 spiro atoms. The molecule has 0 fully saturated rings. The van der Waals surface area contributed by atoms with Crippen molar-refractivity contribution >= 4 is 51.8 Å². The number of aromatic nitrogens is 3. The molecule has 0 atom stereocenters. The fourth-order valence-corrected chi connectivity index (χ4v) is 2.67. The lowest BCUT2D eigenvalue weighted by molar-refractivity contribution is 0.0696. The Morgan fingerprint density at radius 2 is 2.14 bits per heavy atom. The number of nitrogens with zero attached hydrogens (tertiary/aromatic N) is 3. The van der Waals surface area contributed by atoms with Gasteiger partial charge in [0.2, 0.25) is 0 Å². The van der Waals surface area contributed by atoms with Gasteiger partial charge < -0.3 is 10.4 Å². The molecule has 1 aromatic carbocycles. The van der Waals surface area contributed by atoms with E-state index in [-0.39, 0.29) is 5.56 Å².